The second-order valence-electron chi connectivity index (χ2n) is 4.42. The van der Waals surface area contributed by atoms with Crippen LogP contribution < -0.4 is 11.1 Å². The molecule has 0 atom stereocenters. The van der Waals surface area contributed by atoms with Crippen molar-refractivity contribution in [3.63, 3.8) is 0 Å². The topological polar surface area (TPSA) is 71.5 Å². The summed E-state index contributed by atoms with van der Waals surface area (Å²) in [5, 5.41) is 7.63. The van der Waals surface area contributed by atoms with Crippen LogP contribution in [0.4, 0.5) is 5.82 Å². The van der Waals surface area contributed by atoms with Gasteiger partial charge in [-0.1, -0.05) is 0 Å². The van der Waals surface area contributed by atoms with Gasteiger partial charge in [-0.05, 0) is 22.0 Å². The molecule has 1 aliphatic rings. The highest BCUT2D eigenvalue weighted by molar-refractivity contribution is 9.10. The van der Waals surface area contributed by atoms with Gasteiger partial charge < -0.3 is 11.1 Å². The Labute approximate surface area is 113 Å². The molecule has 0 unspecified atom stereocenters. The number of halogens is 1. The molecule has 1 fully saturated rings. The Bertz CT molecular complexity index is 560. The fraction of sp³-hybridized carbons (Fsp3) is 0.455. The number of piperazine rings is 1. The molecule has 0 amide bonds. The Morgan fingerprint density at radius 3 is 2.94 bits per heavy atom. The number of nitrogens with two attached hydrogens (primary N) is 1. The molecule has 0 aliphatic carbocycles. The van der Waals surface area contributed by atoms with Gasteiger partial charge in [-0.3, -0.25) is 4.90 Å². The van der Waals surface area contributed by atoms with Crippen LogP contribution in [0.2, 0.25) is 0 Å². The second-order valence-corrected chi connectivity index (χ2v) is 5.27. The zero-order valence-corrected chi connectivity index (χ0v) is 11.5. The minimum Gasteiger partial charge on any atom is -0.382 e. The third kappa shape index (κ3) is 2.09. The zero-order valence-electron chi connectivity index (χ0n) is 9.93. The Hall–Kier alpha value is -1.18. The van der Waals surface area contributed by atoms with E-state index < -0.39 is 0 Å². The van der Waals surface area contributed by atoms with Crippen molar-refractivity contribution < 1.29 is 0 Å². The first-order valence-corrected chi connectivity index (χ1v) is 6.74. The summed E-state index contributed by atoms with van der Waals surface area (Å²) in [4.78, 5) is 6.43. The molecule has 0 spiro atoms. The molecule has 0 radical (unpaired) electrons. The van der Waals surface area contributed by atoms with E-state index in [0.717, 1.165) is 48.4 Å². The Kier molecular flexibility index (Phi) is 3.19. The maximum Gasteiger partial charge on any atom is 0.152 e. The average Bonchev–Trinajstić information content (AvgIpc) is 2.69. The van der Waals surface area contributed by atoms with Gasteiger partial charge in [0.15, 0.2) is 5.82 Å². The highest BCUT2D eigenvalue weighted by atomic mass is 79.9. The number of anilines is 1. The van der Waals surface area contributed by atoms with E-state index in [1.807, 2.05) is 4.52 Å². The SMILES string of the molecule is Nc1ncnn2c(CN3CCNCC3)cc(Br)c12. The molecule has 96 valence electrons. The summed E-state index contributed by atoms with van der Waals surface area (Å²) in [6, 6.07) is 2.07. The maximum absolute atomic E-state index is 5.88. The molecule has 0 saturated carbocycles. The summed E-state index contributed by atoms with van der Waals surface area (Å²) in [6.45, 7) is 5.09. The Morgan fingerprint density at radius 1 is 1.39 bits per heavy atom. The van der Waals surface area contributed by atoms with Gasteiger partial charge in [0.25, 0.3) is 0 Å². The van der Waals surface area contributed by atoms with Gasteiger partial charge in [-0.25, -0.2) is 9.50 Å². The van der Waals surface area contributed by atoms with Crippen molar-refractivity contribution in [3.8, 4) is 0 Å². The van der Waals surface area contributed by atoms with Crippen molar-refractivity contribution in [2.45, 2.75) is 6.54 Å². The molecule has 6 nitrogen and oxygen atoms in total. The van der Waals surface area contributed by atoms with E-state index in [2.05, 4.69) is 42.3 Å². The van der Waals surface area contributed by atoms with Gasteiger partial charge in [-0.2, -0.15) is 5.10 Å². The van der Waals surface area contributed by atoms with Gasteiger partial charge >= 0.3 is 0 Å². The number of fused-ring (bicyclic) bond motifs is 1. The molecule has 18 heavy (non-hydrogen) atoms. The van der Waals surface area contributed by atoms with Crippen LogP contribution in [0.5, 0.6) is 0 Å². The van der Waals surface area contributed by atoms with E-state index in [1.54, 1.807) is 0 Å². The molecule has 7 heteroatoms. The number of rotatable bonds is 2. The normalized spacial score (nSPS) is 17.4. The maximum atomic E-state index is 5.88. The van der Waals surface area contributed by atoms with Gasteiger partial charge in [0, 0.05) is 37.2 Å². The first kappa shape index (κ1) is 11.9. The fourth-order valence-electron chi connectivity index (χ4n) is 2.30. The summed E-state index contributed by atoms with van der Waals surface area (Å²) >= 11 is 3.52. The van der Waals surface area contributed by atoms with Crippen molar-refractivity contribution in [2.75, 3.05) is 31.9 Å². The van der Waals surface area contributed by atoms with Crippen LogP contribution in [0.15, 0.2) is 16.9 Å². The lowest BCUT2D eigenvalue weighted by molar-refractivity contribution is 0.229. The standard InChI is InChI=1S/C11H15BrN6/c12-9-5-8(6-17-3-1-14-2-4-17)18-10(9)11(13)15-7-16-18/h5,7,14H,1-4,6H2,(H2,13,15,16). The van der Waals surface area contributed by atoms with E-state index in [0.29, 0.717) is 5.82 Å². The molecular weight excluding hydrogens is 296 g/mol. The van der Waals surface area contributed by atoms with E-state index >= 15 is 0 Å². The van der Waals surface area contributed by atoms with E-state index in [4.69, 9.17) is 5.73 Å². The highest BCUT2D eigenvalue weighted by Gasteiger charge is 2.15. The van der Waals surface area contributed by atoms with Crippen molar-refractivity contribution in [3.05, 3.63) is 22.6 Å². The first-order chi connectivity index (χ1) is 8.75. The molecule has 2 aromatic heterocycles. The van der Waals surface area contributed by atoms with Crippen LogP contribution in [-0.4, -0.2) is 45.7 Å². The van der Waals surface area contributed by atoms with Crippen molar-refractivity contribution >= 4 is 27.3 Å². The lowest BCUT2D eigenvalue weighted by atomic mass is 10.3. The molecule has 1 saturated heterocycles. The fourth-order valence-corrected chi connectivity index (χ4v) is 2.93. The van der Waals surface area contributed by atoms with Crippen LogP contribution in [0.1, 0.15) is 5.69 Å². The summed E-state index contributed by atoms with van der Waals surface area (Å²) in [5.74, 6) is 0.503. The molecule has 3 N–H and O–H groups in total. The lowest BCUT2D eigenvalue weighted by Crippen LogP contribution is -2.43. The van der Waals surface area contributed by atoms with Gasteiger partial charge in [0.05, 0.1) is 5.69 Å². The molecule has 0 aromatic carbocycles. The predicted octanol–water partition coefficient (Wildman–Crippen LogP) is 0.479. The number of aromatic nitrogens is 3. The number of nitrogen functional groups attached to an aromatic ring is 1. The monoisotopic (exact) mass is 310 g/mol. The van der Waals surface area contributed by atoms with E-state index in [-0.39, 0.29) is 0 Å². The smallest absolute Gasteiger partial charge is 0.152 e. The lowest BCUT2D eigenvalue weighted by Gasteiger charge is -2.26. The summed E-state index contributed by atoms with van der Waals surface area (Å²) in [7, 11) is 0. The Morgan fingerprint density at radius 2 is 2.17 bits per heavy atom. The van der Waals surface area contributed by atoms with Gasteiger partial charge in [0.1, 0.15) is 11.8 Å². The minimum absolute atomic E-state index is 0.503. The number of nitrogens with zero attached hydrogens (tertiary/aromatic N) is 4. The first-order valence-electron chi connectivity index (χ1n) is 5.95. The molecule has 2 aromatic rings. The minimum atomic E-state index is 0.503. The Balaban J connectivity index is 1.94. The van der Waals surface area contributed by atoms with E-state index in [1.165, 1.54) is 6.33 Å². The molecular formula is C11H15BrN6. The van der Waals surface area contributed by atoms with E-state index in [9.17, 15) is 0 Å². The van der Waals surface area contributed by atoms with Crippen molar-refractivity contribution in [1.29, 1.82) is 0 Å². The molecule has 3 heterocycles. The van der Waals surface area contributed by atoms with Crippen LogP contribution in [0.25, 0.3) is 5.52 Å². The quantitative estimate of drug-likeness (QED) is 0.844. The highest BCUT2D eigenvalue weighted by Crippen LogP contribution is 2.25. The summed E-state index contributed by atoms with van der Waals surface area (Å²) in [5.41, 5.74) is 7.86. The van der Waals surface area contributed by atoms with Crippen LogP contribution in [-0.2, 0) is 6.54 Å². The summed E-state index contributed by atoms with van der Waals surface area (Å²) < 4.78 is 2.82. The van der Waals surface area contributed by atoms with Crippen LogP contribution in [0, 0.1) is 0 Å². The van der Waals surface area contributed by atoms with Crippen LogP contribution >= 0.6 is 15.9 Å². The molecule has 3 rings (SSSR count). The summed E-state index contributed by atoms with van der Waals surface area (Å²) in [6.07, 6.45) is 1.50. The predicted molar refractivity (Wildman–Crippen MR) is 73.2 cm³/mol. The zero-order chi connectivity index (χ0) is 12.5. The largest absolute Gasteiger partial charge is 0.382 e. The van der Waals surface area contributed by atoms with Gasteiger partial charge in [-0.15, -0.1) is 0 Å². The van der Waals surface area contributed by atoms with Crippen molar-refractivity contribution in [2.24, 2.45) is 0 Å². The van der Waals surface area contributed by atoms with Crippen molar-refractivity contribution in [1.82, 2.24) is 24.8 Å². The van der Waals surface area contributed by atoms with Crippen LogP contribution in [0.3, 0.4) is 0 Å². The average molecular weight is 311 g/mol. The van der Waals surface area contributed by atoms with Gasteiger partial charge in [0.2, 0.25) is 0 Å². The number of hydrogen-bond donors (Lipinski definition) is 2. The third-order valence-corrected chi connectivity index (χ3v) is 3.81. The third-order valence-electron chi connectivity index (χ3n) is 3.21. The second kappa shape index (κ2) is 4.83. The molecule has 0 bridgehead atoms. The number of nitrogens with one attached hydrogen (secondary N) is 1. The molecule has 1 aliphatic heterocycles. The number of hydrogen-bond acceptors (Lipinski definition) is 5.